The molecule has 2 heterocycles. The summed E-state index contributed by atoms with van der Waals surface area (Å²) in [6.45, 7) is 2.70. The van der Waals surface area contributed by atoms with Crippen LogP contribution in [-0.4, -0.2) is 19.7 Å². The van der Waals surface area contributed by atoms with E-state index in [4.69, 9.17) is 11.6 Å². The van der Waals surface area contributed by atoms with E-state index in [1.54, 1.807) is 4.68 Å². The highest BCUT2D eigenvalue weighted by atomic mass is 35.5. The predicted molar refractivity (Wildman–Crippen MR) is 110 cm³/mol. The summed E-state index contributed by atoms with van der Waals surface area (Å²) < 4.78 is 1.80. The third-order valence-corrected chi connectivity index (χ3v) is 4.67. The van der Waals surface area contributed by atoms with Crippen molar-refractivity contribution in [2.45, 2.75) is 13.5 Å². The number of benzene rings is 2. The number of nitrogens with zero attached hydrogens (tertiary/aromatic N) is 3. The molecule has 2 aromatic carbocycles. The van der Waals surface area contributed by atoms with Gasteiger partial charge in [-0.3, -0.25) is 4.68 Å². The molecule has 2 aromatic heterocycles. The van der Waals surface area contributed by atoms with Crippen LogP contribution in [0, 0.1) is 6.92 Å². The molecule has 0 aliphatic heterocycles. The maximum Gasteiger partial charge on any atom is 0.138 e. The molecule has 0 radical (unpaired) electrons. The molecule has 0 bridgehead atoms. The molecule has 0 amide bonds. The molecule has 0 aliphatic rings. The van der Waals surface area contributed by atoms with Crippen LogP contribution in [0.4, 0.5) is 5.69 Å². The summed E-state index contributed by atoms with van der Waals surface area (Å²) in [5, 5.41) is 8.48. The molecule has 6 heteroatoms. The monoisotopic (exact) mass is 377 g/mol. The number of hydrogen-bond donors (Lipinski definition) is 2. The standard InChI is InChI=1S/C21H20ClN5/c1-14-20(15-3-7-17(22)8-4-15)25-21(24-14)16-5-9-18(10-6-16)23-13-19-11-12-27(2)26-19/h3-12,23H,13H2,1-2H3,(H,24,25). The average Bonchev–Trinajstić information content (AvgIpc) is 3.27. The number of imidazole rings is 1. The van der Waals surface area contributed by atoms with E-state index in [0.29, 0.717) is 6.54 Å². The minimum absolute atomic E-state index is 0.695. The first-order valence-electron chi connectivity index (χ1n) is 8.74. The van der Waals surface area contributed by atoms with E-state index >= 15 is 0 Å². The summed E-state index contributed by atoms with van der Waals surface area (Å²) in [7, 11) is 1.92. The van der Waals surface area contributed by atoms with Crippen LogP contribution in [0.15, 0.2) is 60.8 Å². The molecular formula is C21H20ClN5. The van der Waals surface area contributed by atoms with Crippen molar-refractivity contribution in [2.24, 2.45) is 7.05 Å². The highest BCUT2D eigenvalue weighted by molar-refractivity contribution is 6.30. The summed E-state index contributed by atoms with van der Waals surface area (Å²) in [4.78, 5) is 8.11. The van der Waals surface area contributed by atoms with Gasteiger partial charge in [0, 0.05) is 29.5 Å². The fourth-order valence-corrected chi connectivity index (χ4v) is 3.12. The zero-order valence-electron chi connectivity index (χ0n) is 15.2. The fraction of sp³-hybridized carbons (Fsp3) is 0.143. The van der Waals surface area contributed by atoms with Crippen LogP contribution in [0.5, 0.6) is 0 Å². The molecule has 27 heavy (non-hydrogen) atoms. The Bertz CT molecular complexity index is 1050. The van der Waals surface area contributed by atoms with Crippen LogP contribution in [0.25, 0.3) is 22.6 Å². The van der Waals surface area contributed by atoms with E-state index in [-0.39, 0.29) is 0 Å². The Morgan fingerprint density at radius 3 is 2.37 bits per heavy atom. The van der Waals surface area contributed by atoms with Gasteiger partial charge in [0.25, 0.3) is 0 Å². The molecule has 5 nitrogen and oxygen atoms in total. The molecule has 0 saturated carbocycles. The highest BCUT2D eigenvalue weighted by Gasteiger charge is 2.10. The van der Waals surface area contributed by atoms with Gasteiger partial charge in [-0.2, -0.15) is 5.10 Å². The van der Waals surface area contributed by atoms with Gasteiger partial charge >= 0.3 is 0 Å². The van der Waals surface area contributed by atoms with E-state index in [1.165, 1.54) is 0 Å². The van der Waals surface area contributed by atoms with Crippen molar-refractivity contribution in [3.63, 3.8) is 0 Å². The zero-order valence-corrected chi connectivity index (χ0v) is 16.0. The first-order chi connectivity index (χ1) is 13.1. The molecular weight excluding hydrogens is 358 g/mol. The van der Waals surface area contributed by atoms with Gasteiger partial charge in [-0.1, -0.05) is 23.7 Å². The van der Waals surface area contributed by atoms with E-state index in [1.807, 2.05) is 50.5 Å². The minimum Gasteiger partial charge on any atom is -0.379 e. The number of aryl methyl sites for hydroxylation is 2. The van der Waals surface area contributed by atoms with Gasteiger partial charge in [-0.15, -0.1) is 0 Å². The van der Waals surface area contributed by atoms with Gasteiger partial charge in [0.1, 0.15) is 5.82 Å². The second-order valence-electron chi connectivity index (χ2n) is 6.46. The second kappa shape index (κ2) is 7.29. The Labute approximate surface area is 163 Å². The van der Waals surface area contributed by atoms with Crippen molar-refractivity contribution < 1.29 is 0 Å². The van der Waals surface area contributed by atoms with Gasteiger partial charge in [-0.05, 0) is 55.0 Å². The van der Waals surface area contributed by atoms with Gasteiger partial charge < -0.3 is 10.3 Å². The number of halogens is 1. The lowest BCUT2D eigenvalue weighted by Crippen LogP contribution is -2.01. The lowest BCUT2D eigenvalue weighted by molar-refractivity contribution is 0.747. The Morgan fingerprint density at radius 1 is 1.00 bits per heavy atom. The number of H-pyrrole nitrogens is 1. The minimum atomic E-state index is 0.695. The first-order valence-corrected chi connectivity index (χ1v) is 9.12. The maximum atomic E-state index is 5.98. The zero-order chi connectivity index (χ0) is 18.8. The first kappa shape index (κ1) is 17.4. The number of rotatable bonds is 5. The number of nitrogens with one attached hydrogen (secondary N) is 2. The number of hydrogen-bond acceptors (Lipinski definition) is 3. The van der Waals surface area contributed by atoms with Gasteiger partial charge in [0.2, 0.25) is 0 Å². The van der Waals surface area contributed by atoms with E-state index in [2.05, 4.69) is 44.6 Å². The van der Waals surface area contributed by atoms with Crippen LogP contribution >= 0.6 is 11.6 Å². The largest absolute Gasteiger partial charge is 0.379 e. The van der Waals surface area contributed by atoms with Crippen molar-refractivity contribution in [3.05, 3.63) is 77.2 Å². The molecule has 4 aromatic rings. The molecule has 0 unspecified atom stereocenters. The summed E-state index contributed by atoms with van der Waals surface area (Å²) in [6, 6.07) is 18.0. The third-order valence-electron chi connectivity index (χ3n) is 4.42. The van der Waals surface area contributed by atoms with Crippen molar-refractivity contribution in [2.75, 3.05) is 5.32 Å². The lowest BCUT2D eigenvalue weighted by Gasteiger charge is -2.05. The summed E-state index contributed by atoms with van der Waals surface area (Å²) in [6.07, 6.45) is 1.94. The number of aromatic amines is 1. The molecule has 0 spiro atoms. The Morgan fingerprint density at radius 2 is 1.70 bits per heavy atom. The van der Waals surface area contributed by atoms with Crippen LogP contribution in [-0.2, 0) is 13.6 Å². The van der Waals surface area contributed by atoms with E-state index < -0.39 is 0 Å². The van der Waals surface area contributed by atoms with Crippen LogP contribution < -0.4 is 5.32 Å². The topological polar surface area (TPSA) is 58.5 Å². The molecule has 0 aliphatic carbocycles. The fourth-order valence-electron chi connectivity index (χ4n) is 2.99. The summed E-state index contributed by atoms with van der Waals surface area (Å²) in [5.41, 5.74) is 6.15. The van der Waals surface area contributed by atoms with Crippen LogP contribution in [0.1, 0.15) is 11.4 Å². The average molecular weight is 378 g/mol. The van der Waals surface area contributed by atoms with Crippen LogP contribution in [0.3, 0.4) is 0 Å². The summed E-state index contributed by atoms with van der Waals surface area (Å²) in [5.74, 6) is 0.855. The number of aromatic nitrogens is 4. The van der Waals surface area contributed by atoms with Gasteiger partial charge in [0.05, 0.1) is 23.6 Å². The second-order valence-corrected chi connectivity index (χ2v) is 6.90. The Kier molecular flexibility index (Phi) is 4.69. The number of anilines is 1. The van der Waals surface area contributed by atoms with Gasteiger partial charge in [0.15, 0.2) is 0 Å². The quantitative estimate of drug-likeness (QED) is 0.511. The SMILES string of the molecule is Cc1nc(-c2ccc(NCc3ccn(C)n3)cc2)[nH]c1-c1ccc(Cl)cc1. The van der Waals surface area contributed by atoms with Crippen molar-refractivity contribution in [1.82, 2.24) is 19.7 Å². The maximum absolute atomic E-state index is 5.98. The van der Waals surface area contributed by atoms with Crippen molar-refractivity contribution in [1.29, 1.82) is 0 Å². The lowest BCUT2D eigenvalue weighted by atomic mass is 10.1. The Balaban J connectivity index is 1.50. The highest BCUT2D eigenvalue weighted by Crippen LogP contribution is 2.27. The van der Waals surface area contributed by atoms with E-state index in [0.717, 1.165) is 44.7 Å². The van der Waals surface area contributed by atoms with Crippen LogP contribution in [0.2, 0.25) is 5.02 Å². The predicted octanol–water partition coefficient (Wildman–Crippen LogP) is 5.05. The molecule has 0 atom stereocenters. The van der Waals surface area contributed by atoms with E-state index in [9.17, 15) is 0 Å². The molecule has 2 N–H and O–H groups in total. The third kappa shape index (κ3) is 3.88. The van der Waals surface area contributed by atoms with Crippen molar-refractivity contribution >= 4 is 17.3 Å². The molecule has 4 rings (SSSR count). The smallest absolute Gasteiger partial charge is 0.138 e. The molecule has 136 valence electrons. The normalized spacial score (nSPS) is 10.9. The van der Waals surface area contributed by atoms with Gasteiger partial charge in [-0.25, -0.2) is 4.98 Å². The van der Waals surface area contributed by atoms with Crippen molar-refractivity contribution in [3.8, 4) is 22.6 Å². The Hall–Kier alpha value is -3.05. The summed E-state index contributed by atoms with van der Waals surface area (Å²) >= 11 is 5.98. The molecule has 0 fully saturated rings. The molecule has 0 saturated heterocycles.